The number of carboxylic acids is 1. The van der Waals surface area contributed by atoms with Gasteiger partial charge in [0.15, 0.2) is 11.5 Å². The normalized spacial score (nSPS) is 17.5. The Morgan fingerprint density at radius 2 is 2.25 bits per heavy atom. The van der Waals surface area contributed by atoms with Crippen molar-refractivity contribution in [2.45, 2.75) is 25.8 Å². The number of aromatic nitrogens is 1. The second kappa shape index (κ2) is 5.09. The quantitative estimate of drug-likeness (QED) is 0.791. The fraction of sp³-hybridized carbons (Fsp3) is 0.600. The zero-order valence-electron chi connectivity index (χ0n) is 8.98. The molecule has 0 radical (unpaired) electrons. The fourth-order valence-electron chi connectivity index (χ4n) is 1.74. The molecule has 1 aliphatic heterocycles. The molecule has 2 N–H and O–H groups in total. The maximum absolute atomic E-state index is 10.6. The van der Waals surface area contributed by atoms with Gasteiger partial charge in [0.1, 0.15) is 0 Å². The van der Waals surface area contributed by atoms with E-state index in [4.69, 9.17) is 9.63 Å². The van der Waals surface area contributed by atoms with Gasteiger partial charge in [-0.05, 0) is 12.8 Å². The minimum absolute atomic E-state index is 0.0459. The molecule has 1 saturated heterocycles. The molecule has 0 atom stereocenters. The Balaban J connectivity index is 1.81. The number of rotatable bonds is 4. The van der Waals surface area contributed by atoms with Crippen LogP contribution in [0.4, 0.5) is 0 Å². The van der Waals surface area contributed by atoms with Crippen molar-refractivity contribution in [3.8, 4) is 0 Å². The lowest BCUT2D eigenvalue weighted by Gasteiger charge is -2.26. The van der Waals surface area contributed by atoms with Crippen LogP contribution in [0.5, 0.6) is 0 Å². The van der Waals surface area contributed by atoms with Crippen LogP contribution in [0.3, 0.4) is 0 Å². The largest absolute Gasteiger partial charge is 0.476 e. The van der Waals surface area contributed by atoms with E-state index < -0.39 is 5.97 Å². The van der Waals surface area contributed by atoms with Crippen LogP contribution in [-0.2, 0) is 6.54 Å². The zero-order chi connectivity index (χ0) is 11.4. The summed E-state index contributed by atoms with van der Waals surface area (Å²) in [5.74, 6) is -0.518. The van der Waals surface area contributed by atoms with Gasteiger partial charge in [-0.3, -0.25) is 0 Å². The first-order valence-corrected chi connectivity index (χ1v) is 5.43. The van der Waals surface area contributed by atoms with Crippen molar-refractivity contribution in [2.75, 3.05) is 13.1 Å². The van der Waals surface area contributed by atoms with Crippen LogP contribution in [0, 0.1) is 0 Å². The average molecular weight is 225 g/mol. The first-order valence-electron chi connectivity index (χ1n) is 5.43. The summed E-state index contributed by atoms with van der Waals surface area (Å²) in [6.07, 6.45) is 3.68. The van der Waals surface area contributed by atoms with E-state index in [0.717, 1.165) is 13.1 Å². The van der Waals surface area contributed by atoms with E-state index in [0.29, 0.717) is 12.3 Å². The third kappa shape index (κ3) is 2.80. The van der Waals surface area contributed by atoms with Gasteiger partial charge in [0, 0.05) is 19.2 Å². The molecule has 6 nitrogen and oxygen atoms in total. The van der Waals surface area contributed by atoms with Crippen LogP contribution in [0.25, 0.3) is 0 Å². The second-order valence-electron chi connectivity index (χ2n) is 3.87. The summed E-state index contributed by atoms with van der Waals surface area (Å²) in [4.78, 5) is 10.6. The molecule has 0 aliphatic carbocycles. The van der Waals surface area contributed by atoms with Gasteiger partial charge < -0.3 is 9.63 Å². The summed E-state index contributed by atoms with van der Waals surface area (Å²) in [6.45, 7) is 2.54. The van der Waals surface area contributed by atoms with Gasteiger partial charge in [0.2, 0.25) is 0 Å². The van der Waals surface area contributed by atoms with E-state index in [9.17, 15) is 4.79 Å². The molecular weight excluding hydrogens is 210 g/mol. The molecule has 1 aromatic heterocycles. The molecule has 0 saturated carbocycles. The minimum Gasteiger partial charge on any atom is -0.476 e. The lowest BCUT2D eigenvalue weighted by atomic mass is 10.2. The third-order valence-corrected chi connectivity index (χ3v) is 2.61. The van der Waals surface area contributed by atoms with Crippen LogP contribution >= 0.6 is 0 Å². The molecule has 2 heterocycles. The van der Waals surface area contributed by atoms with Crippen LogP contribution in [0.15, 0.2) is 10.6 Å². The van der Waals surface area contributed by atoms with Crippen molar-refractivity contribution in [1.29, 1.82) is 0 Å². The Bertz CT molecular complexity index is 358. The average Bonchev–Trinajstić information content (AvgIpc) is 2.76. The van der Waals surface area contributed by atoms with E-state index in [2.05, 4.69) is 15.6 Å². The fourth-order valence-corrected chi connectivity index (χ4v) is 1.74. The van der Waals surface area contributed by atoms with E-state index >= 15 is 0 Å². The predicted molar refractivity (Wildman–Crippen MR) is 55.7 cm³/mol. The third-order valence-electron chi connectivity index (χ3n) is 2.61. The van der Waals surface area contributed by atoms with Gasteiger partial charge in [-0.25, -0.2) is 15.2 Å². The number of piperidine rings is 1. The van der Waals surface area contributed by atoms with Gasteiger partial charge in [0.05, 0.1) is 6.54 Å². The maximum atomic E-state index is 10.6. The molecule has 0 amide bonds. The highest BCUT2D eigenvalue weighted by Crippen LogP contribution is 2.08. The lowest BCUT2D eigenvalue weighted by molar-refractivity contribution is 0.0685. The van der Waals surface area contributed by atoms with E-state index in [1.807, 2.05) is 0 Å². The molecule has 0 bridgehead atoms. The van der Waals surface area contributed by atoms with Crippen LogP contribution in [-0.4, -0.2) is 34.3 Å². The van der Waals surface area contributed by atoms with Crippen LogP contribution < -0.4 is 5.43 Å². The molecule has 88 valence electrons. The minimum atomic E-state index is -1.06. The van der Waals surface area contributed by atoms with Gasteiger partial charge in [-0.2, -0.15) is 0 Å². The highest BCUT2D eigenvalue weighted by atomic mass is 16.5. The zero-order valence-corrected chi connectivity index (χ0v) is 8.98. The summed E-state index contributed by atoms with van der Waals surface area (Å²) in [5, 5.41) is 14.2. The first kappa shape index (κ1) is 11.1. The van der Waals surface area contributed by atoms with Gasteiger partial charge >= 0.3 is 5.97 Å². The Kier molecular flexibility index (Phi) is 3.53. The molecule has 1 aromatic rings. The van der Waals surface area contributed by atoms with E-state index in [1.165, 1.54) is 25.3 Å². The number of nitrogens with one attached hydrogen (secondary N) is 1. The van der Waals surface area contributed by atoms with Crippen LogP contribution in [0.2, 0.25) is 0 Å². The Hall–Kier alpha value is -1.40. The highest BCUT2D eigenvalue weighted by Gasteiger charge is 2.13. The predicted octanol–water partition coefficient (Wildman–Crippen LogP) is 0.863. The van der Waals surface area contributed by atoms with Crippen molar-refractivity contribution in [3.05, 3.63) is 17.5 Å². The SMILES string of the molecule is O=C(O)c1cc(CNN2CCCCC2)on1. The summed E-state index contributed by atoms with van der Waals surface area (Å²) in [5.41, 5.74) is 3.15. The number of carbonyl (C=O) groups is 1. The number of hydrogen-bond acceptors (Lipinski definition) is 5. The van der Waals surface area contributed by atoms with Crippen molar-refractivity contribution >= 4 is 5.97 Å². The molecule has 16 heavy (non-hydrogen) atoms. The highest BCUT2D eigenvalue weighted by molar-refractivity contribution is 5.85. The van der Waals surface area contributed by atoms with Crippen molar-refractivity contribution in [3.63, 3.8) is 0 Å². The molecule has 0 unspecified atom stereocenters. The van der Waals surface area contributed by atoms with Gasteiger partial charge in [-0.1, -0.05) is 11.6 Å². The number of carboxylic acid groups (broad SMARTS) is 1. The van der Waals surface area contributed by atoms with E-state index in [-0.39, 0.29) is 5.69 Å². The molecule has 1 aliphatic rings. The molecule has 0 aromatic carbocycles. The number of nitrogens with zero attached hydrogens (tertiary/aromatic N) is 2. The Morgan fingerprint density at radius 1 is 1.50 bits per heavy atom. The molecule has 1 fully saturated rings. The number of hydrogen-bond donors (Lipinski definition) is 2. The first-order chi connectivity index (χ1) is 7.75. The summed E-state index contributed by atoms with van der Waals surface area (Å²) < 4.78 is 4.90. The maximum Gasteiger partial charge on any atom is 0.358 e. The van der Waals surface area contributed by atoms with Gasteiger partial charge in [-0.15, -0.1) is 0 Å². The number of aromatic carboxylic acids is 1. The Labute approximate surface area is 93.2 Å². The molecular formula is C10H15N3O3. The van der Waals surface area contributed by atoms with Crippen molar-refractivity contribution < 1.29 is 14.4 Å². The molecule has 6 heteroatoms. The van der Waals surface area contributed by atoms with Crippen molar-refractivity contribution in [1.82, 2.24) is 15.6 Å². The smallest absolute Gasteiger partial charge is 0.358 e. The lowest BCUT2D eigenvalue weighted by Crippen LogP contribution is -2.41. The van der Waals surface area contributed by atoms with E-state index in [1.54, 1.807) is 0 Å². The van der Waals surface area contributed by atoms with Gasteiger partial charge in [0.25, 0.3) is 0 Å². The van der Waals surface area contributed by atoms with Crippen LogP contribution in [0.1, 0.15) is 35.5 Å². The topological polar surface area (TPSA) is 78.6 Å². The molecule has 2 rings (SSSR count). The molecule has 0 spiro atoms. The standard InChI is InChI=1S/C10H15N3O3/c14-10(15)9-6-8(16-12-9)7-11-13-4-2-1-3-5-13/h6,11H,1-5,7H2,(H,14,15). The summed E-state index contributed by atoms with van der Waals surface area (Å²) in [6, 6.07) is 1.44. The second-order valence-corrected chi connectivity index (χ2v) is 3.87. The Morgan fingerprint density at radius 3 is 2.88 bits per heavy atom. The van der Waals surface area contributed by atoms with Crippen molar-refractivity contribution in [2.24, 2.45) is 0 Å². The monoisotopic (exact) mass is 225 g/mol. The number of hydrazine groups is 1. The summed E-state index contributed by atoms with van der Waals surface area (Å²) in [7, 11) is 0. The summed E-state index contributed by atoms with van der Waals surface area (Å²) >= 11 is 0.